The lowest BCUT2D eigenvalue weighted by Gasteiger charge is -2.33. The van der Waals surface area contributed by atoms with Crippen molar-refractivity contribution in [2.45, 2.75) is 38.1 Å². The minimum atomic E-state index is 0.168. The van der Waals surface area contributed by atoms with Gasteiger partial charge in [0.2, 0.25) is 0 Å². The summed E-state index contributed by atoms with van der Waals surface area (Å²) in [5.41, 5.74) is 0. The molecule has 104 valence electrons. The molecule has 4 heteroatoms. The largest absolute Gasteiger partial charge is 0.383 e. The molecule has 0 amide bonds. The van der Waals surface area contributed by atoms with E-state index in [0.29, 0.717) is 6.04 Å². The van der Waals surface area contributed by atoms with Crippen LogP contribution >= 0.6 is 0 Å². The van der Waals surface area contributed by atoms with Crippen LogP contribution in [0.25, 0.3) is 0 Å². The first kappa shape index (κ1) is 15.4. The lowest BCUT2D eigenvalue weighted by molar-refractivity contribution is 0.0717. The summed E-state index contributed by atoms with van der Waals surface area (Å²) in [5.74, 6) is 0.168. The van der Waals surface area contributed by atoms with Crippen molar-refractivity contribution in [3.8, 4) is 6.07 Å². The molecular formula is C14H26N2O2. The molecule has 18 heavy (non-hydrogen) atoms. The van der Waals surface area contributed by atoms with Crippen molar-refractivity contribution in [2.75, 3.05) is 40.5 Å². The summed E-state index contributed by atoms with van der Waals surface area (Å²) < 4.78 is 10.4. The van der Waals surface area contributed by atoms with E-state index in [4.69, 9.17) is 9.47 Å². The number of hydrogen-bond acceptors (Lipinski definition) is 4. The van der Waals surface area contributed by atoms with Crippen LogP contribution in [0.3, 0.4) is 0 Å². The Bertz CT molecular complexity index is 245. The van der Waals surface area contributed by atoms with Gasteiger partial charge in [-0.3, -0.25) is 4.90 Å². The molecule has 1 fully saturated rings. The zero-order valence-electron chi connectivity index (χ0n) is 11.7. The van der Waals surface area contributed by atoms with Gasteiger partial charge in [-0.05, 0) is 12.8 Å². The number of hydrogen-bond donors (Lipinski definition) is 0. The molecule has 0 aliphatic heterocycles. The minimum absolute atomic E-state index is 0.168. The molecule has 0 N–H and O–H groups in total. The lowest BCUT2D eigenvalue weighted by Crippen LogP contribution is -2.43. The van der Waals surface area contributed by atoms with Crippen molar-refractivity contribution in [3.05, 3.63) is 0 Å². The Kier molecular flexibility index (Phi) is 7.99. The van der Waals surface area contributed by atoms with Gasteiger partial charge in [-0.2, -0.15) is 5.26 Å². The molecule has 0 radical (unpaired) electrons. The Morgan fingerprint density at radius 2 is 1.67 bits per heavy atom. The maximum absolute atomic E-state index is 9.35. The Labute approximate surface area is 111 Å². The number of methoxy groups -OCH3 is 2. The predicted octanol–water partition coefficient (Wildman–Crippen LogP) is 2.05. The highest BCUT2D eigenvalue weighted by molar-refractivity contribution is 4.94. The monoisotopic (exact) mass is 254 g/mol. The molecule has 0 heterocycles. The Morgan fingerprint density at radius 1 is 1.06 bits per heavy atom. The van der Waals surface area contributed by atoms with Gasteiger partial charge in [-0.1, -0.05) is 19.3 Å². The van der Waals surface area contributed by atoms with Crippen LogP contribution < -0.4 is 0 Å². The molecule has 1 aliphatic carbocycles. The molecule has 0 bridgehead atoms. The summed E-state index contributed by atoms with van der Waals surface area (Å²) in [7, 11) is 3.45. The fraction of sp³-hybridized carbons (Fsp3) is 0.929. The van der Waals surface area contributed by atoms with Gasteiger partial charge in [-0.15, -0.1) is 0 Å². The van der Waals surface area contributed by atoms with E-state index in [1.54, 1.807) is 14.2 Å². The summed E-state index contributed by atoms with van der Waals surface area (Å²) in [6.07, 6.45) is 5.86. The van der Waals surface area contributed by atoms with Gasteiger partial charge in [0.1, 0.15) is 0 Å². The van der Waals surface area contributed by atoms with Crippen LogP contribution in [-0.4, -0.2) is 51.5 Å². The smallest absolute Gasteiger partial charge is 0.0672 e. The fourth-order valence-electron chi connectivity index (χ4n) is 2.74. The molecule has 0 aromatic carbocycles. The second-order valence-corrected chi connectivity index (χ2v) is 4.96. The third kappa shape index (κ3) is 4.93. The first-order valence-electron chi connectivity index (χ1n) is 6.95. The van der Waals surface area contributed by atoms with E-state index in [-0.39, 0.29) is 5.92 Å². The molecule has 2 atom stereocenters. The second-order valence-electron chi connectivity index (χ2n) is 4.96. The van der Waals surface area contributed by atoms with E-state index in [1.165, 1.54) is 19.3 Å². The molecular weight excluding hydrogens is 228 g/mol. The molecule has 0 aromatic rings. The van der Waals surface area contributed by atoms with E-state index in [1.807, 2.05) is 0 Å². The van der Waals surface area contributed by atoms with Crippen molar-refractivity contribution in [3.63, 3.8) is 0 Å². The van der Waals surface area contributed by atoms with Crippen molar-refractivity contribution in [2.24, 2.45) is 5.92 Å². The van der Waals surface area contributed by atoms with Gasteiger partial charge in [0, 0.05) is 33.4 Å². The molecule has 4 nitrogen and oxygen atoms in total. The first-order chi connectivity index (χ1) is 8.83. The predicted molar refractivity (Wildman–Crippen MR) is 71.3 cm³/mol. The van der Waals surface area contributed by atoms with Crippen LogP contribution in [0.1, 0.15) is 32.1 Å². The number of rotatable bonds is 7. The Hall–Kier alpha value is -0.630. The fourth-order valence-corrected chi connectivity index (χ4v) is 2.74. The van der Waals surface area contributed by atoms with Gasteiger partial charge < -0.3 is 9.47 Å². The van der Waals surface area contributed by atoms with Crippen LogP contribution in [0.2, 0.25) is 0 Å². The van der Waals surface area contributed by atoms with Gasteiger partial charge in [0.15, 0.2) is 0 Å². The Balaban J connectivity index is 2.62. The van der Waals surface area contributed by atoms with E-state index in [2.05, 4.69) is 11.0 Å². The van der Waals surface area contributed by atoms with Crippen molar-refractivity contribution in [1.29, 1.82) is 5.26 Å². The molecule has 2 unspecified atom stereocenters. The summed E-state index contributed by atoms with van der Waals surface area (Å²) >= 11 is 0. The normalized spacial score (nSPS) is 24.8. The standard InChI is InChI=1S/C14H26N2O2/c1-17-10-8-16(9-11-18-2)14-7-5-3-4-6-13(14)12-15/h13-14H,3-11H2,1-2H3. The third-order valence-corrected chi connectivity index (χ3v) is 3.78. The van der Waals surface area contributed by atoms with E-state index >= 15 is 0 Å². The molecule has 1 rings (SSSR count). The minimum Gasteiger partial charge on any atom is -0.383 e. The van der Waals surface area contributed by atoms with Crippen LogP contribution in [0, 0.1) is 17.2 Å². The summed E-state index contributed by atoms with van der Waals surface area (Å²) in [5, 5.41) is 9.35. The molecule has 0 spiro atoms. The topological polar surface area (TPSA) is 45.5 Å². The Morgan fingerprint density at radius 3 is 2.22 bits per heavy atom. The van der Waals surface area contributed by atoms with Crippen molar-refractivity contribution < 1.29 is 9.47 Å². The van der Waals surface area contributed by atoms with E-state index in [0.717, 1.165) is 39.1 Å². The molecule has 0 saturated heterocycles. The molecule has 1 aliphatic rings. The van der Waals surface area contributed by atoms with Gasteiger partial charge >= 0.3 is 0 Å². The maximum Gasteiger partial charge on any atom is 0.0672 e. The van der Waals surface area contributed by atoms with Crippen molar-refractivity contribution >= 4 is 0 Å². The highest BCUT2D eigenvalue weighted by atomic mass is 16.5. The van der Waals surface area contributed by atoms with Gasteiger partial charge in [0.05, 0.1) is 25.2 Å². The van der Waals surface area contributed by atoms with Gasteiger partial charge in [0.25, 0.3) is 0 Å². The average Bonchev–Trinajstić information content (AvgIpc) is 2.64. The van der Waals surface area contributed by atoms with E-state index in [9.17, 15) is 5.26 Å². The first-order valence-corrected chi connectivity index (χ1v) is 6.95. The zero-order valence-corrected chi connectivity index (χ0v) is 11.7. The SMILES string of the molecule is COCCN(CCOC)C1CCCCCC1C#N. The number of ether oxygens (including phenoxy) is 2. The third-order valence-electron chi connectivity index (χ3n) is 3.78. The van der Waals surface area contributed by atoms with Crippen LogP contribution in [-0.2, 0) is 9.47 Å². The summed E-state index contributed by atoms with van der Waals surface area (Å²) in [4.78, 5) is 2.38. The van der Waals surface area contributed by atoms with Crippen molar-refractivity contribution in [1.82, 2.24) is 4.90 Å². The highest BCUT2D eigenvalue weighted by Crippen LogP contribution is 2.26. The van der Waals surface area contributed by atoms with Crippen LogP contribution in [0.15, 0.2) is 0 Å². The van der Waals surface area contributed by atoms with E-state index < -0.39 is 0 Å². The average molecular weight is 254 g/mol. The van der Waals surface area contributed by atoms with Crippen LogP contribution in [0.5, 0.6) is 0 Å². The number of nitriles is 1. The quantitative estimate of drug-likeness (QED) is 0.652. The van der Waals surface area contributed by atoms with Gasteiger partial charge in [-0.25, -0.2) is 0 Å². The summed E-state index contributed by atoms with van der Waals surface area (Å²) in [6, 6.07) is 2.88. The van der Waals surface area contributed by atoms with Crippen LogP contribution in [0.4, 0.5) is 0 Å². The molecule has 1 saturated carbocycles. The maximum atomic E-state index is 9.35. The molecule has 0 aromatic heterocycles. The second kappa shape index (κ2) is 9.32. The lowest BCUT2D eigenvalue weighted by atomic mass is 9.94. The highest BCUT2D eigenvalue weighted by Gasteiger charge is 2.28. The zero-order chi connectivity index (χ0) is 13.2. The number of nitrogens with zero attached hydrogens (tertiary/aromatic N) is 2. The summed E-state index contributed by atoms with van der Waals surface area (Å²) in [6.45, 7) is 3.22.